The smallest absolute Gasteiger partial charge is 0.330 e. The summed E-state index contributed by atoms with van der Waals surface area (Å²) in [5.74, 6) is 0. The van der Waals surface area contributed by atoms with E-state index in [1.807, 2.05) is 6.92 Å². The van der Waals surface area contributed by atoms with Crippen LogP contribution in [-0.4, -0.2) is 38.9 Å². The van der Waals surface area contributed by atoms with Gasteiger partial charge in [-0.2, -0.15) is 13.2 Å². The molecule has 0 heterocycles. The van der Waals surface area contributed by atoms with Crippen molar-refractivity contribution in [1.29, 1.82) is 0 Å². The van der Waals surface area contributed by atoms with Gasteiger partial charge in [0.05, 0.1) is 0 Å². The molecule has 4 nitrogen and oxygen atoms in total. The highest BCUT2D eigenvalue weighted by atomic mass is 19.4. The van der Waals surface area contributed by atoms with Crippen LogP contribution in [0.4, 0.5) is 13.2 Å². The number of alkyl halides is 3. The van der Waals surface area contributed by atoms with Crippen LogP contribution in [0.25, 0.3) is 0 Å². The summed E-state index contributed by atoms with van der Waals surface area (Å²) in [4.78, 5) is 0. The molecule has 0 fully saturated rings. The third kappa shape index (κ3) is 9.49. The Labute approximate surface area is 138 Å². The standard InChI is InChI=1S/C16H35F3N4/c1-3-5-15(12-22,7-8-16(17,18)19)13-23-9-4-6-14(2,10-20)11-21/h23H,3-13,20-22H2,1-2H3. The molecular formula is C16H35F3N4. The largest absolute Gasteiger partial charge is 0.389 e. The van der Waals surface area contributed by atoms with Gasteiger partial charge in [-0.1, -0.05) is 20.3 Å². The van der Waals surface area contributed by atoms with Gasteiger partial charge in [0.25, 0.3) is 0 Å². The molecule has 7 N–H and O–H groups in total. The molecule has 0 aromatic heterocycles. The second kappa shape index (κ2) is 10.5. The summed E-state index contributed by atoms with van der Waals surface area (Å²) < 4.78 is 37.6. The summed E-state index contributed by atoms with van der Waals surface area (Å²) in [6, 6.07) is 0. The molecule has 0 rings (SSSR count). The molecule has 0 amide bonds. The molecule has 0 spiro atoms. The van der Waals surface area contributed by atoms with Crippen molar-refractivity contribution < 1.29 is 13.2 Å². The number of halogens is 3. The summed E-state index contributed by atoms with van der Waals surface area (Å²) in [6.07, 6.45) is -1.49. The lowest BCUT2D eigenvalue weighted by atomic mass is 9.78. The van der Waals surface area contributed by atoms with Crippen LogP contribution < -0.4 is 22.5 Å². The fourth-order valence-electron chi connectivity index (χ4n) is 2.80. The van der Waals surface area contributed by atoms with Crippen molar-refractivity contribution in [2.75, 3.05) is 32.7 Å². The zero-order valence-electron chi connectivity index (χ0n) is 14.6. The first kappa shape index (κ1) is 22.6. The summed E-state index contributed by atoms with van der Waals surface area (Å²) in [5.41, 5.74) is 16.7. The average Bonchev–Trinajstić information content (AvgIpc) is 2.51. The van der Waals surface area contributed by atoms with Gasteiger partial charge in [-0.15, -0.1) is 0 Å². The van der Waals surface area contributed by atoms with E-state index in [1.165, 1.54) is 0 Å². The third-order valence-corrected chi connectivity index (χ3v) is 4.77. The molecule has 0 radical (unpaired) electrons. The third-order valence-electron chi connectivity index (χ3n) is 4.77. The Morgan fingerprint density at radius 1 is 0.870 bits per heavy atom. The van der Waals surface area contributed by atoms with E-state index < -0.39 is 18.0 Å². The lowest BCUT2D eigenvalue weighted by Crippen LogP contribution is -2.42. The maximum Gasteiger partial charge on any atom is 0.389 e. The molecule has 1 unspecified atom stereocenters. The highest BCUT2D eigenvalue weighted by Gasteiger charge is 2.34. The predicted octanol–water partition coefficient (Wildman–Crippen LogP) is 2.37. The quantitative estimate of drug-likeness (QED) is 0.388. The Morgan fingerprint density at radius 2 is 1.48 bits per heavy atom. The second-order valence-electron chi connectivity index (χ2n) is 7.07. The van der Waals surface area contributed by atoms with Crippen LogP contribution in [0.15, 0.2) is 0 Å². The fourth-order valence-corrected chi connectivity index (χ4v) is 2.80. The van der Waals surface area contributed by atoms with Crippen LogP contribution >= 0.6 is 0 Å². The molecule has 0 bridgehead atoms. The molecule has 0 aliphatic heterocycles. The SMILES string of the molecule is CCCC(CN)(CCC(F)(F)F)CNCCCC(C)(CN)CN. The number of nitrogens with one attached hydrogen (secondary N) is 1. The van der Waals surface area contributed by atoms with Gasteiger partial charge in [0, 0.05) is 13.0 Å². The Bertz CT molecular complexity index is 306. The molecule has 0 saturated carbocycles. The predicted molar refractivity (Wildman–Crippen MR) is 90.0 cm³/mol. The highest BCUT2D eigenvalue weighted by Crippen LogP contribution is 2.33. The van der Waals surface area contributed by atoms with E-state index in [4.69, 9.17) is 17.2 Å². The van der Waals surface area contributed by atoms with Gasteiger partial charge < -0.3 is 22.5 Å². The van der Waals surface area contributed by atoms with Gasteiger partial charge in [0.1, 0.15) is 0 Å². The van der Waals surface area contributed by atoms with E-state index >= 15 is 0 Å². The first-order valence-corrected chi connectivity index (χ1v) is 8.53. The van der Waals surface area contributed by atoms with Gasteiger partial charge in [-0.3, -0.25) is 0 Å². The molecule has 0 aliphatic rings. The maximum absolute atomic E-state index is 12.5. The van der Waals surface area contributed by atoms with E-state index in [0.29, 0.717) is 26.1 Å². The Morgan fingerprint density at radius 3 is 1.91 bits per heavy atom. The minimum atomic E-state index is -4.13. The average molecular weight is 340 g/mol. The molecule has 7 heteroatoms. The topological polar surface area (TPSA) is 90.1 Å². The zero-order chi connectivity index (χ0) is 18.0. The van der Waals surface area contributed by atoms with Crippen molar-refractivity contribution in [2.45, 2.75) is 58.5 Å². The minimum absolute atomic E-state index is 0.0632. The van der Waals surface area contributed by atoms with Crippen LogP contribution in [0.5, 0.6) is 0 Å². The number of nitrogens with two attached hydrogens (primary N) is 3. The van der Waals surface area contributed by atoms with Crippen LogP contribution in [0.2, 0.25) is 0 Å². The van der Waals surface area contributed by atoms with Gasteiger partial charge in [0.15, 0.2) is 0 Å². The van der Waals surface area contributed by atoms with Gasteiger partial charge in [-0.25, -0.2) is 0 Å². The van der Waals surface area contributed by atoms with Crippen molar-refractivity contribution in [1.82, 2.24) is 5.32 Å². The summed E-state index contributed by atoms with van der Waals surface area (Å²) >= 11 is 0. The summed E-state index contributed by atoms with van der Waals surface area (Å²) in [6.45, 7) is 6.65. The van der Waals surface area contributed by atoms with Crippen molar-refractivity contribution in [2.24, 2.45) is 28.0 Å². The fraction of sp³-hybridized carbons (Fsp3) is 1.00. The summed E-state index contributed by atoms with van der Waals surface area (Å²) in [7, 11) is 0. The van der Waals surface area contributed by atoms with E-state index in [-0.39, 0.29) is 18.4 Å². The van der Waals surface area contributed by atoms with Gasteiger partial charge in [0.2, 0.25) is 0 Å². The molecular weight excluding hydrogens is 305 g/mol. The Hall–Kier alpha value is -0.370. The van der Waals surface area contributed by atoms with Crippen molar-refractivity contribution in [3.63, 3.8) is 0 Å². The van der Waals surface area contributed by atoms with E-state index in [0.717, 1.165) is 25.8 Å². The van der Waals surface area contributed by atoms with Crippen LogP contribution in [0.3, 0.4) is 0 Å². The van der Waals surface area contributed by atoms with Crippen LogP contribution in [0, 0.1) is 10.8 Å². The molecule has 0 aromatic rings. The van der Waals surface area contributed by atoms with E-state index in [2.05, 4.69) is 12.2 Å². The molecule has 1 atom stereocenters. The zero-order valence-corrected chi connectivity index (χ0v) is 14.6. The first-order valence-electron chi connectivity index (χ1n) is 8.53. The lowest BCUT2D eigenvalue weighted by molar-refractivity contribution is -0.140. The molecule has 0 aliphatic carbocycles. The number of rotatable bonds is 13. The van der Waals surface area contributed by atoms with Gasteiger partial charge >= 0.3 is 6.18 Å². The molecule has 0 saturated heterocycles. The van der Waals surface area contributed by atoms with Crippen LogP contribution in [0.1, 0.15) is 52.4 Å². The number of hydrogen-bond donors (Lipinski definition) is 4. The van der Waals surface area contributed by atoms with E-state index in [1.54, 1.807) is 0 Å². The van der Waals surface area contributed by atoms with Crippen molar-refractivity contribution in [3.8, 4) is 0 Å². The Kier molecular flexibility index (Phi) is 10.3. The van der Waals surface area contributed by atoms with E-state index in [9.17, 15) is 13.2 Å². The second-order valence-corrected chi connectivity index (χ2v) is 7.07. The Balaban J connectivity index is 4.34. The van der Waals surface area contributed by atoms with Crippen molar-refractivity contribution in [3.05, 3.63) is 0 Å². The molecule has 23 heavy (non-hydrogen) atoms. The van der Waals surface area contributed by atoms with Crippen LogP contribution in [-0.2, 0) is 0 Å². The minimum Gasteiger partial charge on any atom is -0.330 e. The number of hydrogen-bond acceptors (Lipinski definition) is 4. The summed E-state index contributed by atoms with van der Waals surface area (Å²) in [5, 5.41) is 3.29. The monoisotopic (exact) mass is 340 g/mol. The van der Waals surface area contributed by atoms with Gasteiger partial charge in [-0.05, 0) is 62.7 Å². The van der Waals surface area contributed by atoms with Crippen molar-refractivity contribution >= 4 is 0 Å². The maximum atomic E-state index is 12.5. The highest BCUT2D eigenvalue weighted by molar-refractivity contribution is 4.84. The molecule has 140 valence electrons. The normalized spacial score (nSPS) is 15.7. The lowest BCUT2D eigenvalue weighted by Gasteiger charge is -2.33. The first-order chi connectivity index (χ1) is 10.7. The molecule has 0 aromatic carbocycles.